The van der Waals surface area contributed by atoms with Gasteiger partial charge in [-0.3, -0.25) is 4.68 Å². The number of carbonyl (C=O) groups is 1. The zero-order valence-electron chi connectivity index (χ0n) is 13.5. The fraction of sp³-hybridized carbons (Fsp3) is 0.714. The first-order valence-electron chi connectivity index (χ1n) is 6.99. The van der Waals surface area contributed by atoms with Crippen molar-refractivity contribution in [2.45, 2.75) is 52.9 Å². The summed E-state index contributed by atoms with van der Waals surface area (Å²) in [6.07, 6.45) is -3.09. The van der Waals surface area contributed by atoms with Gasteiger partial charge in [0.25, 0.3) is 0 Å². The summed E-state index contributed by atoms with van der Waals surface area (Å²) in [4.78, 5) is 11.7. The second-order valence-electron chi connectivity index (χ2n) is 6.56. The maximum atomic E-state index is 13.0. The molecule has 5 nitrogen and oxygen atoms in total. The minimum absolute atomic E-state index is 0.131. The molecule has 0 saturated carbocycles. The third-order valence-electron chi connectivity index (χ3n) is 3.29. The lowest BCUT2D eigenvalue weighted by Crippen LogP contribution is -2.50. The van der Waals surface area contributed by atoms with Crippen molar-refractivity contribution in [1.29, 1.82) is 0 Å². The van der Waals surface area contributed by atoms with Gasteiger partial charge >= 0.3 is 12.2 Å². The highest BCUT2D eigenvalue weighted by molar-refractivity contribution is 5.74. The predicted molar refractivity (Wildman–Crippen MR) is 77.2 cm³/mol. The van der Waals surface area contributed by atoms with Gasteiger partial charge in [-0.2, -0.15) is 18.3 Å². The van der Waals surface area contributed by atoms with Gasteiger partial charge in [-0.15, -0.1) is 0 Å². The minimum atomic E-state index is -4.48. The molecule has 22 heavy (non-hydrogen) atoms. The molecule has 1 rings (SSSR count). The molecule has 0 spiro atoms. The molecular formula is C14H23F3N4O. The maximum absolute atomic E-state index is 13.0. The lowest BCUT2D eigenvalue weighted by atomic mass is 9.88. The van der Waals surface area contributed by atoms with Crippen LogP contribution in [0.2, 0.25) is 0 Å². The van der Waals surface area contributed by atoms with Gasteiger partial charge < -0.3 is 10.6 Å². The number of halogens is 3. The predicted octanol–water partition coefficient (Wildman–Crippen LogP) is 2.89. The molecule has 126 valence electrons. The Morgan fingerprint density at radius 2 is 1.95 bits per heavy atom. The number of nitrogens with one attached hydrogen (secondary N) is 2. The molecule has 2 amide bonds. The molecular weight excluding hydrogens is 297 g/mol. The van der Waals surface area contributed by atoms with E-state index in [1.54, 1.807) is 38.7 Å². The van der Waals surface area contributed by atoms with Gasteiger partial charge in [-0.05, 0) is 18.8 Å². The molecule has 0 unspecified atom stereocenters. The monoisotopic (exact) mass is 320 g/mol. The normalized spacial score (nSPS) is 13.8. The quantitative estimate of drug-likeness (QED) is 0.896. The van der Waals surface area contributed by atoms with E-state index in [-0.39, 0.29) is 13.0 Å². The molecule has 1 atom stereocenters. The number of hydrogen-bond donors (Lipinski definition) is 2. The first-order chi connectivity index (χ1) is 9.90. The van der Waals surface area contributed by atoms with Crippen LogP contribution in [0, 0.1) is 12.3 Å². The Balaban J connectivity index is 2.62. The van der Waals surface area contributed by atoms with E-state index in [9.17, 15) is 18.0 Å². The average molecular weight is 320 g/mol. The van der Waals surface area contributed by atoms with Crippen LogP contribution in [0.15, 0.2) is 6.20 Å². The molecule has 1 aromatic heterocycles. The summed E-state index contributed by atoms with van der Waals surface area (Å²) in [7, 11) is 1.75. The minimum Gasteiger partial charge on any atom is -0.334 e. The lowest BCUT2D eigenvalue weighted by molar-refractivity contribution is -0.159. The van der Waals surface area contributed by atoms with E-state index in [2.05, 4.69) is 10.4 Å². The standard InChI is InChI=1S/C14H23F3N4O/c1-9-10(8-19-21(9)5)7-18-12(22)20-11(14(15,16)17)6-13(2,3)4/h8,11H,6-7H2,1-5H3,(H2,18,20,22)/t11-/m1/s1. The number of carbonyl (C=O) groups excluding carboxylic acids is 1. The molecule has 0 aliphatic rings. The highest BCUT2D eigenvalue weighted by Gasteiger charge is 2.42. The first-order valence-corrected chi connectivity index (χ1v) is 6.99. The third-order valence-corrected chi connectivity index (χ3v) is 3.29. The summed E-state index contributed by atoms with van der Waals surface area (Å²) in [6.45, 7) is 7.05. The van der Waals surface area contributed by atoms with E-state index < -0.39 is 23.7 Å². The van der Waals surface area contributed by atoms with Crippen molar-refractivity contribution >= 4 is 6.03 Å². The number of aromatic nitrogens is 2. The van der Waals surface area contributed by atoms with Gasteiger partial charge in [0, 0.05) is 24.8 Å². The Labute approximate surface area is 128 Å². The first kappa shape index (κ1) is 18.3. The zero-order chi connectivity index (χ0) is 17.1. The van der Waals surface area contributed by atoms with Crippen molar-refractivity contribution in [1.82, 2.24) is 20.4 Å². The van der Waals surface area contributed by atoms with Crippen LogP contribution in [-0.2, 0) is 13.6 Å². The number of urea groups is 1. The van der Waals surface area contributed by atoms with Crippen molar-refractivity contribution in [3.8, 4) is 0 Å². The summed E-state index contributed by atoms with van der Waals surface area (Å²) in [5, 5.41) is 8.45. The largest absolute Gasteiger partial charge is 0.408 e. The lowest BCUT2D eigenvalue weighted by Gasteiger charge is -2.28. The van der Waals surface area contributed by atoms with Crippen molar-refractivity contribution in [2.24, 2.45) is 12.5 Å². The Morgan fingerprint density at radius 1 is 1.36 bits per heavy atom. The summed E-state index contributed by atoms with van der Waals surface area (Å²) in [6, 6.07) is -2.71. The van der Waals surface area contributed by atoms with Crippen molar-refractivity contribution in [3.05, 3.63) is 17.5 Å². The van der Waals surface area contributed by atoms with E-state index in [4.69, 9.17) is 0 Å². The molecule has 0 bridgehead atoms. The van der Waals surface area contributed by atoms with Crippen molar-refractivity contribution in [2.75, 3.05) is 0 Å². The van der Waals surface area contributed by atoms with Crippen LogP contribution in [0.5, 0.6) is 0 Å². The Bertz CT molecular complexity index is 517. The fourth-order valence-electron chi connectivity index (χ4n) is 1.96. The molecule has 8 heteroatoms. The van der Waals surface area contributed by atoms with E-state index in [1.165, 1.54) is 0 Å². The summed E-state index contributed by atoms with van der Waals surface area (Å²) in [5.74, 6) is 0. The van der Waals surface area contributed by atoms with Crippen LogP contribution in [0.4, 0.5) is 18.0 Å². The van der Waals surface area contributed by atoms with Gasteiger partial charge in [-0.1, -0.05) is 20.8 Å². The van der Waals surface area contributed by atoms with Crippen LogP contribution in [0.25, 0.3) is 0 Å². The molecule has 1 heterocycles. The number of nitrogens with zero attached hydrogens (tertiary/aromatic N) is 2. The van der Waals surface area contributed by atoms with Gasteiger partial charge in [0.15, 0.2) is 0 Å². The van der Waals surface area contributed by atoms with E-state index in [1.807, 2.05) is 12.2 Å². The number of rotatable bonds is 4. The molecule has 0 aliphatic carbocycles. The molecule has 0 saturated heterocycles. The highest BCUT2D eigenvalue weighted by Crippen LogP contribution is 2.30. The van der Waals surface area contributed by atoms with Crippen molar-refractivity contribution < 1.29 is 18.0 Å². The molecule has 1 aromatic rings. The van der Waals surface area contributed by atoms with Crippen LogP contribution < -0.4 is 10.6 Å². The Morgan fingerprint density at radius 3 is 2.36 bits per heavy atom. The Hall–Kier alpha value is -1.73. The van der Waals surface area contributed by atoms with E-state index >= 15 is 0 Å². The van der Waals surface area contributed by atoms with Crippen LogP contribution >= 0.6 is 0 Å². The second-order valence-corrected chi connectivity index (χ2v) is 6.56. The summed E-state index contributed by atoms with van der Waals surface area (Å²) in [5.41, 5.74) is 1.06. The summed E-state index contributed by atoms with van der Waals surface area (Å²) >= 11 is 0. The van der Waals surface area contributed by atoms with Gasteiger partial charge in [-0.25, -0.2) is 4.79 Å². The number of hydrogen-bond acceptors (Lipinski definition) is 2. The van der Waals surface area contributed by atoms with Crippen molar-refractivity contribution in [3.63, 3.8) is 0 Å². The average Bonchev–Trinajstić information content (AvgIpc) is 2.64. The molecule has 2 N–H and O–H groups in total. The second kappa shape index (κ2) is 6.58. The topological polar surface area (TPSA) is 59.0 Å². The maximum Gasteiger partial charge on any atom is 0.408 e. The zero-order valence-corrected chi connectivity index (χ0v) is 13.5. The van der Waals surface area contributed by atoms with Gasteiger partial charge in [0.05, 0.1) is 6.20 Å². The molecule has 0 aromatic carbocycles. The van der Waals surface area contributed by atoms with Gasteiger partial charge in [0.1, 0.15) is 6.04 Å². The smallest absolute Gasteiger partial charge is 0.334 e. The number of amides is 2. The number of aryl methyl sites for hydroxylation is 1. The number of alkyl halides is 3. The Kier molecular flexibility index (Phi) is 5.48. The van der Waals surface area contributed by atoms with E-state index in [0.29, 0.717) is 0 Å². The van der Waals surface area contributed by atoms with E-state index in [0.717, 1.165) is 11.3 Å². The van der Waals surface area contributed by atoms with Crippen LogP contribution in [-0.4, -0.2) is 28.0 Å². The molecule has 0 aliphatic heterocycles. The fourth-order valence-corrected chi connectivity index (χ4v) is 1.96. The summed E-state index contributed by atoms with van der Waals surface area (Å²) < 4.78 is 40.6. The molecule has 0 radical (unpaired) electrons. The van der Waals surface area contributed by atoms with Crippen LogP contribution in [0.3, 0.4) is 0 Å². The molecule has 0 fully saturated rings. The van der Waals surface area contributed by atoms with Crippen LogP contribution in [0.1, 0.15) is 38.4 Å². The highest BCUT2D eigenvalue weighted by atomic mass is 19.4. The third kappa shape index (κ3) is 5.57. The SMILES string of the molecule is Cc1c(CNC(=O)N[C@H](CC(C)(C)C)C(F)(F)F)cnn1C. The van der Waals surface area contributed by atoms with Gasteiger partial charge in [0.2, 0.25) is 0 Å².